The lowest BCUT2D eigenvalue weighted by molar-refractivity contribution is 0.00582. The molecule has 0 aromatic heterocycles. The summed E-state index contributed by atoms with van der Waals surface area (Å²) in [6.07, 6.45) is 11.4. The van der Waals surface area contributed by atoms with Gasteiger partial charge in [-0.05, 0) is 51.4 Å². The van der Waals surface area contributed by atoms with E-state index in [0.29, 0.717) is 0 Å². The molecule has 110 valence electrons. The molecular formula is C14H28N4O. The Balaban J connectivity index is 0.000000191. The average molecular weight is 268 g/mol. The first-order chi connectivity index (χ1) is 9.20. The number of hydrazone groups is 1. The largest absolute Gasteiger partial charge is 0.368 e. The minimum Gasteiger partial charge on any atom is -0.368 e. The van der Waals surface area contributed by atoms with Crippen LogP contribution in [0, 0.1) is 0 Å². The van der Waals surface area contributed by atoms with Crippen molar-refractivity contribution in [3.8, 4) is 0 Å². The first-order valence-corrected chi connectivity index (χ1v) is 7.46. The van der Waals surface area contributed by atoms with Crippen LogP contribution in [0.25, 0.3) is 0 Å². The van der Waals surface area contributed by atoms with E-state index in [0.717, 1.165) is 25.7 Å². The van der Waals surface area contributed by atoms with Crippen LogP contribution in [0.15, 0.2) is 15.3 Å². The van der Waals surface area contributed by atoms with Gasteiger partial charge >= 0.3 is 0 Å². The van der Waals surface area contributed by atoms with Crippen LogP contribution in [0.4, 0.5) is 0 Å². The fourth-order valence-corrected chi connectivity index (χ4v) is 2.63. The highest BCUT2D eigenvalue weighted by Crippen LogP contribution is 2.28. The monoisotopic (exact) mass is 268 g/mol. The molecule has 0 spiro atoms. The highest BCUT2D eigenvalue weighted by molar-refractivity contribution is 5.84. The number of aliphatic hydroxyl groups is 1. The van der Waals surface area contributed by atoms with Gasteiger partial charge in [0.1, 0.15) is 0 Å². The van der Waals surface area contributed by atoms with E-state index in [9.17, 15) is 5.11 Å². The third-order valence-electron chi connectivity index (χ3n) is 3.64. The second kappa shape index (κ2) is 9.02. The molecule has 2 saturated carbocycles. The Hall–Kier alpha value is -0.970. The van der Waals surface area contributed by atoms with Gasteiger partial charge in [0.05, 0.1) is 0 Å². The predicted molar refractivity (Wildman–Crippen MR) is 78.4 cm³/mol. The quantitative estimate of drug-likeness (QED) is 0.596. The van der Waals surface area contributed by atoms with Gasteiger partial charge < -0.3 is 10.5 Å². The maximum Gasteiger partial charge on any atom is 0.176 e. The first-order valence-electron chi connectivity index (χ1n) is 7.46. The van der Waals surface area contributed by atoms with Crippen molar-refractivity contribution in [3.63, 3.8) is 0 Å². The molecule has 2 aliphatic rings. The van der Waals surface area contributed by atoms with Crippen molar-refractivity contribution >= 4 is 5.71 Å². The lowest BCUT2D eigenvalue weighted by atomic mass is 9.93. The lowest BCUT2D eigenvalue weighted by Gasteiger charge is -2.26. The summed E-state index contributed by atoms with van der Waals surface area (Å²) in [5.74, 6) is 0. The Labute approximate surface area is 116 Å². The van der Waals surface area contributed by atoms with Crippen molar-refractivity contribution in [2.45, 2.75) is 69.9 Å². The van der Waals surface area contributed by atoms with Crippen LogP contribution in [0.5, 0.6) is 0 Å². The number of azo groups is 1. The van der Waals surface area contributed by atoms with E-state index in [1.54, 1.807) is 7.05 Å². The van der Waals surface area contributed by atoms with E-state index in [1.807, 2.05) is 7.05 Å². The van der Waals surface area contributed by atoms with Crippen molar-refractivity contribution in [1.29, 1.82) is 0 Å². The topological polar surface area (TPSA) is 69.3 Å². The molecule has 0 atom stereocenters. The highest BCUT2D eigenvalue weighted by atomic mass is 16.3. The van der Waals surface area contributed by atoms with Gasteiger partial charge in [-0.1, -0.05) is 12.8 Å². The van der Waals surface area contributed by atoms with Gasteiger partial charge in [0.15, 0.2) is 5.72 Å². The van der Waals surface area contributed by atoms with Crippen LogP contribution in [0.2, 0.25) is 0 Å². The molecule has 5 nitrogen and oxygen atoms in total. The van der Waals surface area contributed by atoms with Crippen LogP contribution in [-0.2, 0) is 0 Å². The molecule has 0 amide bonds. The van der Waals surface area contributed by atoms with Gasteiger partial charge in [-0.25, -0.2) is 0 Å². The normalized spacial score (nSPS) is 22.6. The zero-order chi connectivity index (χ0) is 14.0. The molecule has 0 aromatic rings. The zero-order valence-corrected chi connectivity index (χ0v) is 12.4. The van der Waals surface area contributed by atoms with E-state index in [2.05, 4.69) is 20.8 Å². The van der Waals surface area contributed by atoms with Crippen molar-refractivity contribution in [2.75, 3.05) is 14.1 Å². The van der Waals surface area contributed by atoms with Crippen LogP contribution in [0.3, 0.4) is 0 Å². The smallest absolute Gasteiger partial charge is 0.176 e. The summed E-state index contributed by atoms with van der Waals surface area (Å²) in [5.41, 5.74) is 3.36. The summed E-state index contributed by atoms with van der Waals surface area (Å²) >= 11 is 0. The van der Waals surface area contributed by atoms with Gasteiger partial charge in [-0.3, -0.25) is 0 Å². The molecule has 19 heavy (non-hydrogen) atoms. The van der Waals surface area contributed by atoms with Gasteiger partial charge in [0, 0.05) is 19.8 Å². The van der Waals surface area contributed by atoms with Gasteiger partial charge in [0.25, 0.3) is 0 Å². The Kier molecular flexibility index (Phi) is 7.63. The van der Waals surface area contributed by atoms with Crippen molar-refractivity contribution < 1.29 is 5.11 Å². The Bertz CT molecular complexity index is 288. The summed E-state index contributed by atoms with van der Waals surface area (Å²) < 4.78 is 0. The summed E-state index contributed by atoms with van der Waals surface area (Å²) in [5, 5.41) is 21.2. The predicted octanol–water partition coefficient (Wildman–Crippen LogP) is 3.25. The average Bonchev–Trinajstić information content (AvgIpc) is 2.42. The maximum absolute atomic E-state index is 9.61. The molecule has 5 heteroatoms. The molecule has 2 N–H and O–H groups in total. The van der Waals surface area contributed by atoms with Crippen LogP contribution in [-0.4, -0.2) is 30.6 Å². The van der Waals surface area contributed by atoms with E-state index in [4.69, 9.17) is 0 Å². The highest BCUT2D eigenvalue weighted by Gasteiger charge is 2.28. The maximum atomic E-state index is 9.61. The minimum atomic E-state index is -0.812. The van der Waals surface area contributed by atoms with Gasteiger partial charge in [-0.2, -0.15) is 15.3 Å². The lowest BCUT2D eigenvalue weighted by Crippen LogP contribution is -2.28. The standard InChI is InChI=1S/C7H14N2O.C7H14N2/c1-8-9-7(10)5-3-2-4-6-7;1-8-9-7-5-3-2-4-6-7/h10H,2-6H2,1H3;8H,2-6H2,1H3/b9-8+;. The number of hydrogen-bond acceptors (Lipinski definition) is 5. The van der Waals surface area contributed by atoms with E-state index < -0.39 is 5.72 Å². The van der Waals surface area contributed by atoms with Crippen LogP contribution in [0.1, 0.15) is 64.2 Å². The minimum absolute atomic E-state index is 0.782. The molecule has 0 aliphatic heterocycles. The Morgan fingerprint density at radius 3 is 2.11 bits per heavy atom. The second-order valence-corrected chi connectivity index (χ2v) is 5.31. The van der Waals surface area contributed by atoms with Gasteiger partial charge in [-0.15, -0.1) is 0 Å². The molecule has 0 heterocycles. The number of rotatable bonds is 2. The van der Waals surface area contributed by atoms with E-state index in [1.165, 1.54) is 44.2 Å². The summed E-state index contributed by atoms with van der Waals surface area (Å²) in [4.78, 5) is 0. The van der Waals surface area contributed by atoms with Crippen LogP contribution >= 0.6 is 0 Å². The molecule has 0 saturated heterocycles. The third kappa shape index (κ3) is 6.66. The fraction of sp³-hybridized carbons (Fsp3) is 0.929. The molecule has 2 aliphatic carbocycles. The van der Waals surface area contributed by atoms with Crippen LogP contribution < -0.4 is 5.43 Å². The van der Waals surface area contributed by atoms with E-state index in [-0.39, 0.29) is 0 Å². The number of nitrogens with zero attached hydrogens (tertiary/aromatic N) is 3. The van der Waals surface area contributed by atoms with E-state index >= 15 is 0 Å². The van der Waals surface area contributed by atoms with Crippen molar-refractivity contribution in [2.24, 2.45) is 15.3 Å². The fourth-order valence-electron chi connectivity index (χ4n) is 2.63. The molecule has 2 fully saturated rings. The summed E-state index contributed by atoms with van der Waals surface area (Å²) in [6.45, 7) is 0. The molecule has 0 radical (unpaired) electrons. The SMILES string of the molecule is C/N=N/C1(O)CCCCC1.CNN=C1CCCCC1. The molecular weight excluding hydrogens is 240 g/mol. The molecule has 0 unspecified atom stereocenters. The molecule has 2 rings (SSSR count). The Morgan fingerprint density at radius 1 is 1.00 bits per heavy atom. The molecule has 0 bridgehead atoms. The van der Waals surface area contributed by atoms with Gasteiger partial charge in [0.2, 0.25) is 0 Å². The third-order valence-corrected chi connectivity index (χ3v) is 3.64. The summed E-state index contributed by atoms with van der Waals surface area (Å²) in [6, 6.07) is 0. The number of nitrogens with one attached hydrogen (secondary N) is 1. The molecule has 0 aromatic carbocycles. The zero-order valence-electron chi connectivity index (χ0n) is 12.4. The Morgan fingerprint density at radius 2 is 1.58 bits per heavy atom. The first kappa shape index (κ1) is 16.1. The van der Waals surface area contributed by atoms with Crippen molar-refractivity contribution in [3.05, 3.63) is 0 Å². The number of hydrogen-bond donors (Lipinski definition) is 2. The second-order valence-electron chi connectivity index (χ2n) is 5.31. The summed E-state index contributed by atoms with van der Waals surface area (Å²) in [7, 11) is 3.47. The van der Waals surface area contributed by atoms with Crippen molar-refractivity contribution in [1.82, 2.24) is 5.43 Å².